The van der Waals surface area contributed by atoms with E-state index in [-0.39, 0.29) is 5.91 Å². The van der Waals surface area contributed by atoms with Crippen molar-refractivity contribution >= 4 is 28.8 Å². The molecule has 5 rings (SSSR count). The van der Waals surface area contributed by atoms with E-state index in [4.69, 9.17) is 9.47 Å². The molecule has 7 nitrogen and oxygen atoms in total. The van der Waals surface area contributed by atoms with Crippen LogP contribution in [0.4, 0.5) is 5.69 Å². The van der Waals surface area contributed by atoms with Crippen LogP contribution in [0.5, 0.6) is 5.75 Å². The van der Waals surface area contributed by atoms with Crippen molar-refractivity contribution in [1.82, 2.24) is 9.55 Å². The van der Waals surface area contributed by atoms with Gasteiger partial charge in [-0.25, -0.2) is 4.98 Å². The lowest BCUT2D eigenvalue weighted by atomic mass is 9.90. The van der Waals surface area contributed by atoms with Gasteiger partial charge in [0, 0.05) is 24.9 Å². The number of ether oxygens (including phenoxy) is 2. The Morgan fingerprint density at radius 2 is 1.74 bits per heavy atom. The van der Waals surface area contributed by atoms with Crippen LogP contribution in [-0.4, -0.2) is 39.8 Å². The van der Waals surface area contributed by atoms with Crippen LogP contribution in [0.25, 0.3) is 17.2 Å². The molecule has 0 saturated heterocycles. The van der Waals surface area contributed by atoms with Crippen molar-refractivity contribution in [2.75, 3.05) is 25.1 Å². The average Bonchev–Trinajstić information content (AvgIpc) is 3.76. The molecular weight excluding hydrogens is 607 g/mol. The molecule has 248 valence electrons. The first-order valence-corrected chi connectivity index (χ1v) is 18.2. The molecule has 1 heterocycles. The number of aromatic nitrogens is 2. The Hall–Kier alpha value is -3.85. The number of nitrogens with one attached hydrogen (secondary N) is 1. The molecule has 1 amide bonds. The number of hydrogen-bond acceptors (Lipinski definition) is 5. The number of carbonyl (C=O) groups excluding carboxylic acids is 1. The van der Waals surface area contributed by atoms with E-state index in [9.17, 15) is 9.35 Å². The number of amides is 1. The van der Waals surface area contributed by atoms with Crippen LogP contribution in [0.2, 0.25) is 0 Å². The van der Waals surface area contributed by atoms with Gasteiger partial charge in [-0.15, -0.1) is 0 Å². The number of nitrogens with zero attached hydrogens (tertiary/aromatic N) is 2. The maximum Gasteiger partial charge on any atom is 0.248 e. The standard InChI is InChI=1S/C39H47N3O4S/c1-4-6-23-45-24-25-46-35-17-11-30(12-18-35)32-13-21-37(31-9-7-8-10-31)33(26-32)14-22-39(43)41-34-15-19-36(20-16-34)47(44)27-38-29(3)40-28-42(38)5-2/h11-22,26,28,31H,4-10,23-25,27H2,1-3H3,(H,41,43)/b22-14+/t47-/m0/s1. The van der Waals surface area contributed by atoms with Gasteiger partial charge < -0.3 is 23.9 Å². The van der Waals surface area contributed by atoms with Crippen LogP contribution in [0.3, 0.4) is 0 Å². The number of hydrogen-bond donors (Lipinski definition) is 1. The number of benzene rings is 3. The lowest BCUT2D eigenvalue weighted by Crippen LogP contribution is -2.11. The van der Waals surface area contributed by atoms with E-state index in [0.29, 0.717) is 30.6 Å². The Labute approximate surface area is 282 Å². The van der Waals surface area contributed by atoms with E-state index < -0.39 is 11.2 Å². The van der Waals surface area contributed by atoms with E-state index in [1.54, 1.807) is 24.5 Å². The zero-order valence-corrected chi connectivity index (χ0v) is 28.7. The molecule has 0 spiro atoms. The first-order chi connectivity index (χ1) is 22.9. The minimum atomic E-state index is -1.21. The minimum absolute atomic E-state index is 0.204. The van der Waals surface area contributed by atoms with Gasteiger partial charge in [0.15, 0.2) is 10.6 Å². The maximum absolute atomic E-state index is 13.1. The van der Waals surface area contributed by atoms with Gasteiger partial charge in [-0.2, -0.15) is 0 Å². The first kappa shape index (κ1) is 34.5. The molecule has 1 aliphatic rings. The molecule has 1 N–H and O–H groups in total. The molecule has 1 fully saturated rings. The van der Waals surface area contributed by atoms with E-state index in [1.807, 2.05) is 48.8 Å². The summed E-state index contributed by atoms with van der Waals surface area (Å²) in [6.07, 6.45) is 12.4. The monoisotopic (exact) mass is 653 g/mol. The smallest absolute Gasteiger partial charge is 0.248 e. The second-order valence-corrected chi connectivity index (χ2v) is 13.5. The van der Waals surface area contributed by atoms with Crippen LogP contribution in [-0.2, 0) is 33.0 Å². The molecule has 47 heavy (non-hydrogen) atoms. The highest BCUT2D eigenvalue weighted by Crippen LogP contribution is 2.38. The molecule has 1 saturated carbocycles. The third kappa shape index (κ3) is 9.60. The van der Waals surface area contributed by atoms with Crippen LogP contribution >= 0.6 is 0 Å². The Morgan fingerprint density at radius 1 is 1.00 bits per heavy atom. The van der Waals surface area contributed by atoms with Crippen molar-refractivity contribution in [2.45, 2.75) is 82.4 Å². The fourth-order valence-electron chi connectivity index (χ4n) is 6.03. The SMILES string of the molecule is CCCCOCCOc1ccc(-c2ccc(C3CCCC3)c(/C=C/C(=O)Nc3ccc([S@@+]([O-])Cc4c(C)ncn4CC)cc3)c2)cc1. The fourth-order valence-corrected chi connectivity index (χ4v) is 7.26. The highest BCUT2D eigenvalue weighted by Gasteiger charge is 2.20. The van der Waals surface area contributed by atoms with Crippen molar-refractivity contribution in [3.05, 3.63) is 102 Å². The molecule has 3 aromatic carbocycles. The summed E-state index contributed by atoms with van der Waals surface area (Å²) in [6.45, 7) is 8.83. The summed E-state index contributed by atoms with van der Waals surface area (Å²) in [5, 5.41) is 2.96. The van der Waals surface area contributed by atoms with Gasteiger partial charge in [-0.05, 0) is 121 Å². The van der Waals surface area contributed by atoms with Crippen LogP contribution in [0, 0.1) is 6.92 Å². The van der Waals surface area contributed by atoms with E-state index in [0.717, 1.165) is 64.7 Å². The van der Waals surface area contributed by atoms with Gasteiger partial charge in [0.25, 0.3) is 0 Å². The largest absolute Gasteiger partial charge is 0.611 e. The summed E-state index contributed by atoms with van der Waals surface area (Å²) in [4.78, 5) is 18.1. The lowest BCUT2D eigenvalue weighted by Gasteiger charge is -2.15. The topological polar surface area (TPSA) is 88.4 Å². The number of aryl methyl sites for hydroxylation is 2. The molecule has 1 aliphatic carbocycles. The highest BCUT2D eigenvalue weighted by atomic mass is 32.2. The summed E-state index contributed by atoms with van der Waals surface area (Å²) >= 11 is -1.21. The van der Waals surface area contributed by atoms with Crippen molar-refractivity contribution in [3.63, 3.8) is 0 Å². The summed E-state index contributed by atoms with van der Waals surface area (Å²) in [5.41, 5.74) is 7.11. The number of unbranched alkanes of at least 4 members (excludes halogenated alkanes) is 1. The number of rotatable bonds is 16. The van der Waals surface area contributed by atoms with Crippen molar-refractivity contribution < 1.29 is 18.8 Å². The van der Waals surface area contributed by atoms with Crippen LogP contribution in [0.15, 0.2) is 84.0 Å². The molecule has 8 heteroatoms. The molecular formula is C39H47N3O4S. The minimum Gasteiger partial charge on any atom is -0.611 e. The second-order valence-electron chi connectivity index (χ2n) is 12.1. The van der Waals surface area contributed by atoms with Gasteiger partial charge in [-0.3, -0.25) is 4.79 Å². The van der Waals surface area contributed by atoms with Crippen molar-refractivity contribution in [3.8, 4) is 16.9 Å². The van der Waals surface area contributed by atoms with E-state index in [2.05, 4.69) is 47.6 Å². The molecule has 0 unspecified atom stereocenters. The molecule has 0 aliphatic heterocycles. The van der Waals surface area contributed by atoms with E-state index in [1.165, 1.54) is 31.2 Å². The summed E-state index contributed by atoms with van der Waals surface area (Å²) in [6, 6.07) is 22.0. The Balaban J connectivity index is 1.22. The zero-order chi connectivity index (χ0) is 33.0. The predicted octanol–water partition coefficient (Wildman–Crippen LogP) is 8.69. The Bertz CT molecular complexity index is 1610. The predicted molar refractivity (Wildman–Crippen MR) is 191 cm³/mol. The summed E-state index contributed by atoms with van der Waals surface area (Å²) in [7, 11) is 0. The van der Waals surface area contributed by atoms with Gasteiger partial charge >= 0.3 is 0 Å². The van der Waals surface area contributed by atoms with Gasteiger partial charge in [0.2, 0.25) is 5.91 Å². The molecule has 0 bridgehead atoms. The van der Waals surface area contributed by atoms with Gasteiger partial charge in [0.1, 0.15) is 12.4 Å². The Morgan fingerprint density at radius 3 is 2.47 bits per heavy atom. The summed E-state index contributed by atoms with van der Waals surface area (Å²) < 4.78 is 26.5. The average molecular weight is 654 g/mol. The Kier molecular flexibility index (Phi) is 12.7. The lowest BCUT2D eigenvalue weighted by molar-refractivity contribution is -0.111. The third-order valence-corrected chi connectivity index (χ3v) is 10.1. The quantitative estimate of drug-likeness (QED) is 0.0743. The van der Waals surface area contributed by atoms with Crippen molar-refractivity contribution in [2.24, 2.45) is 0 Å². The molecule has 1 atom stereocenters. The molecule has 0 radical (unpaired) electrons. The van der Waals surface area contributed by atoms with Crippen molar-refractivity contribution in [1.29, 1.82) is 0 Å². The van der Waals surface area contributed by atoms with E-state index >= 15 is 0 Å². The van der Waals surface area contributed by atoms with Gasteiger partial charge in [0.05, 0.1) is 24.3 Å². The normalized spacial score (nSPS) is 14.1. The van der Waals surface area contributed by atoms with Crippen LogP contribution in [0.1, 0.15) is 80.8 Å². The third-order valence-electron chi connectivity index (χ3n) is 8.77. The maximum atomic E-state index is 13.1. The van der Waals surface area contributed by atoms with Gasteiger partial charge in [-0.1, -0.05) is 50.5 Å². The number of anilines is 1. The number of imidazole rings is 1. The van der Waals surface area contributed by atoms with Crippen LogP contribution < -0.4 is 10.1 Å². The zero-order valence-electron chi connectivity index (χ0n) is 27.9. The second kappa shape index (κ2) is 17.3. The summed E-state index contributed by atoms with van der Waals surface area (Å²) in [5.74, 6) is 1.54. The molecule has 4 aromatic rings. The number of carbonyl (C=O) groups is 1. The first-order valence-electron chi connectivity index (χ1n) is 16.9. The fraction of sp³-hybridized carbons (Fsp3) is 0.385. The molecule has 1 aromatic heterocycles. The highest BCUT2D eigenvalue weighted by molar-refractivity contribution is 7.90.